The molecule has 0 saturated heterocycles. The van der Waals surface area contributed by atoms with Crippen molar-refractivity contribution in [1.29, 1.82) is 0 Å². The van der Waals surface area contributed by atoms with Gasteiger partial charge in [-0.1, -0.05) is 32.0 Å². The second-order valence-corrected chi connectivity index (χ2v) is 6.20. The molecule has 25 heavy (non-hydrogen) atoms. The Morgan fingerprint density at radius 3 is 2.56 bits per heavy atom. The molecule has 1 N–H and O–H groups in total. The third-order valence-corrected chi connectivity index (χ3v) is 3.48. The first-order chi connectivity index (χ1) is 11.9. The van der Waals surface area contributed by atoms with E-state index in [1.807, 2.05) is 44.2 Å². The van der Waals surface area contributed by atoms with E-state index in [0.29, 0.717) is 18.3 Å². The number of ether oxygens (including phenoxy) is 1. The Labute approximate surface area is 146 Å². The maximum absolute atomic E-state index is 12.6. The van der Waals surface area contributed by atoms with E-state index in [9.17, 15) is 9.59 Å². The number of carboxylic acids is 1. The van der Waals surface area contributed by atoms with E-state index in [2.05, 4.69) is 5.10 Å². The van der Waals surface area contributed by atoms with Crippen molar-refractivity contribution in [3.63, 3.8) is 0 Å². The van der Waals surface area contributed by atoms with Crippen molar-refractivity contribution in [2.24, 2.45) is 5.92 Å². The number of carbonyl (C=O) groups is 2. The Bertz CT molecular complexity index is 725. The van der Waals surface area contributed by atoms with Crippen LogP contribution in [0.2, 0.25) is 0 Å². The lowest BCUT2D eigenvalue weighted by molar-refractivity contribution is -0.137. The zero-order valence-corrected chi connectivity index (χ0v) is 14.7. The highest BCUT2D eigenvalue weighted by Crippen LogP contribution is 2.22. The minimum absolute atomic E-state index is 0.107. The number of para-hydroxylation sites is 1. The molecular weight excluding hydrogens is 322 g/mol. The van der Waals surface area contributed by atoms with Crippen molar-refractivity contribution in [3.8, 4) is 11.4 Å². The highest BCUT2D eigenvalue weighted by Gasteiger charge is 2.22. The van der Waals surface area contributed by atoms with E-state index < -0.39 is 5.97 Å². The molecule has 1 aromatic heterocycles. The number of nitrogens with zero attached hydrogens (tertiary/aromatic N) is 3. The normalized spacial score (nSPS) is 10.7. The fourth-order valence-corrected chi connectivity index (χ4v) is 2.13. The molecule has 0 aliphatic carbocycles. The Kier molecular flexibility index (Phi) is 6.16. The van der Waals surface area contributed by atoms with Crippen molar-refractivity contribution >= 4 is 11.9 Å². The van der Waals surface area contributed by atoms with Crippen LogP contribution in [0.15, 0.2) is 36.5 Å². The number of benzene rings is 1. The molecule has 0 spiro atoms. The lowest BCUT2D eigenvalue weighted by atomic mass is 10.2. The summed E-state index contributed by atoms with van der Waals surface area (Å²) in [5.41, 5.74) is 0.988. The van der Waals surface area contributed by atoms with Crippen LogP contribution >= 0.6 is 0 Å². The molecule has 0 unspecified atom stereocenters. The van der Waals surface area contributed by atoms with Crippen molar-refractivity contribution < 1.29 is 19.4 Å². The van der Waals surface area contributed by atoms with Crippen LogP contribution in [0, 0.1) is 5.92 Å². The monoisotopic (exact) mass is 345 g/mol. The molecule has 1 aromatic carbocycles. The number of carbonyl (C=O) groups excluding carboxylic acids is 1. The zero-order chi connectivity index (χ0) is 18.4. The average molecular weight is 345 g/mol. The van der Waals surface area contributed by atoms with E-state index in [0.717, 1.165) is 5.69 Å². The quantitative estimate of drug-likeness (QED) is 0.794. The highest BCUT2D eigenvalue weighted by atomic mass is 16.5. The molecule has 2 rings (SSSR count). The molecule has 1 heterocycles. The number of aliphatic carboxylic acids is 1. The summed E-state index contributed by atoms with van der Waals surface area (Å²) in [6.45, 7) is 4.60. The van der Waals surface area contributed by atoms with Gasteiger partial charge in [0, 0.05) is 13.6 Å². The van der Waals surface area contributed by atoms with Gasteiger partial charge in [0.05, 0.1) is 24.9 Å². The van der Waals surface area contributed by atoms with Gasteiger partial charge in [-0.25, -0.2) is 4.68 Å². The first kappa shape index (κ1) is 18.5. The summed E-state index contributed by atoms with van der Waals surface area (Å²) in [6.07, 6.45) is 1.56. The molecule has 0 atom stereocenters. The molecule has 2 aromatic rings. The maximum atomic E-state index is 12.6. The van der Waals surface area contributed by atoms with E-state index in [1.165, 1.54) is 4.90 Å². The minimum Gasteiger partial charge on any atom is -0.489 e. The van der Waals surface area contributed by atoms with Crippen LogP contribution in [0.25, 0.3) is 5.69 Å². The maximum Gasteiger partial charge on any atom is 0.305 e. The molecule has 1 amide bonds. The van der Waals surface area contributed by atoms with Gasteiger partial charge in [0.25, 0.3) is 5.91 Å². The third-order valence-electron chi connectivity index (χ3n) is 3.48. The summed E-state index contributed by atoms with van der Waals surface area (Å²) >= 11 is 0. The Morgan fingerprint density at radius 2 is 1.96 bits per heavy atom. The van der Waals surface area contributed by atoms with Gasteiger partial charge in [-0.15, -0.1) is 0 Å². The largest absolute Gasteiger partial charge is 0.489 e. The van der Waals surface area contributed by atoms with Crippen LogP contribution in [0.3, 0.4) is 0 Å². The molecule has 7 nitrogen and oxygen atoms in total. The number of carboxylic acid groups (broad SMARTS) is 1. The standard InChI is InChI=1S/C18H23N3O4/c1-13(2)12-25-15-11-21(14-7-5-4-6-8-14)19-17(15)18(24)20(3)10-9-16(22)23/h4-8,11,13H,9-10,12H2,1-3H3,(H,22,23). The molecule has 7 heteroatoms. The summed E-state index contributed by atoms with van der Waals surface area (Å²) in [5.74, 6) is -0.627. The van der Waals surface area contributed by atoms with E-state index in [4.69, 9.17) is 9.84 Å². The topological polar surface area (TPSA) is 84.7 Å². The first-order valence-corrected chi connectivity index (χ1v) is 8.13. The average Bonchev–Trinajstić information content (AvgIpc) is 3.02. The van der Waals surface area contributed by atoms with Crippen LogP contribution in [0.1, 0.15) is 30.8 Å². The Hall–Kier alpha value is -2.83. The minimum atomic E-state index is -0.953. The Morgan fingerprint density at radius 1 is 1.28 bits per heavy atom. The Balaban J connectivity index is 2.28. The highest BCUT2D eigenvalue weighted by molar-refractivity contribution is 5.95. The van der Waals surface area contributed by atoms with Gasteiger partial charge < -0.3 is 14.7 Å². The molecule has 0 aliphatic rings. The van der Waals surface area contributed by atoms with E-state index in [1.54, 1.807) is 17.9 Å². The van der Waals surface area contributed by atoms with E-state index >= 15 is 0 Å². The fraction of sp³-hybridized carbons (Fsp3) is 0.389. The molecule has 0 fully saturated rings. The van der Waals surface area contributed by atoms with Gasteiger partial charge in [-0.05, 0) is 18.1 Å². The van der Waals surface area contributed by atoms with Crippen molar-refractivity contribution in [1.82, 2.24) is 14.7 Å². The fourth-order valence-electron chi connectivity index (χ4n) is 2.13. The summed E-state index contributed by atoms with van der Waals surface area (Å²) < 4.78 is 7.34. The molecule has 134 valence electrons. The van der Waals surface area contributed by atoms with Crippen LogP contribution < -0.4 is 4.74 Å². The molecule has 0 bridgehead atoms. The van der Waals surface area contributed by atoms with Gasteiger partial charge in [0.15, 0.2) is 11.4 Å². The zero-order valence-electron chi connectivity index (χ0n) is 14.7. The number of aromatic nitrogens is 2. The molecule has 0 aliphatic heterocycles. The number of hydrogen-bond acceptors (Lipinski definition) is 4. The lowest BCUT2D eigenvalue weighted by Gasteiger charge is -2.15. The number of amides is 1. The summed E-state index contributed by atoms with van der Waals surface area (Å²) in [5, 5.41) is 13.1. The third kappa shape index (κ3) is 5.07. The number of hydrogen-bond donors (Lipinski definition) is 1. The lowest BCUT2D eigenvalue weighted by Crippen LogP contribution is -2.30. The molecule has 0 radical (unpaired) electrons. The van der Waals surface area contributed by atoms with Gasteiger partial charge in [-0.2, -0.15) is 5.10 Å². The van der Waals surface area contributed by atoms with Gasteiger partial charge >= 0.3 is 5.97 Å². The van der Waals surface area contributed by atoms with Crippen LogP contribution in [0.4, 0.5) is 0 Å². The molecule has 0 saturated carbocycles. The molecular formula is C18H23N3O4. The van der Waals surface area contributed by atoms with Gasteiger partial charge in [-0.3, -0.25) is 9.59 Å². The van der Waals surface area contributed by atoms with E-state index in [-0.39, 0.29) is 24.6 Å². The van der Waals surface area contributed by atoms with Gasteiger partial charge in [0.1, 0.15) is 0 Å². The van der Waals surface area contributed by atoms with Gasteiger partial charge in [0.2, 0.25) is 0 Å². The summed E-state index contributed by atoms with van der Waals surface area (Å²) in [6, 6.07) is 9.41. The first-order valence-electron chi connectivity index (χ1n) is 8.13. The van der Waals surface area contributed by atoms with Crippen LogP contribution in [-0.2, 0) is 4.79 Å². The summed E-state index contributed by atoms with van der Waals surface area (Å²) in [4.78, 5) is 24.7. The second-order valence-electron chi connectivity index (χ2n) is 6.20. The van der Waals surface area contributed by atoms with Crippen molar-refractivity contribution in [3.05, 3.63) is 42.2 Å². The predicted octanol–water partition coefficient (Wildman–Crippen LogP) is 2.45. The second kappa shape index (κ2) is 8.32. The summed E-state index contributed by atoms with van der Waals surface area (Å²) in [7, 11) is 1.55. The SMILES string of the molecule is CC(C)COc1cn(-c2ccccc2)nc1C(=O)N(C)CCC(=O)O. The van der Waals surface area contributed by atoms with Crippen molar-refractivity contribution in [2.75, 3.05) is 20.2 Å². The number of rotatable bonds is 8. The van der Waals surface area contributed by atoms with Crippen molar-refractivity contribution in [2.45, 2.75) is 20.3 Å². The predicted molar refractivity (Wildman–Crippen MR) is 93.1 cm³/mol. The van der Waals surface area contributed by atoms with Crippen LogP contribution in [0.5, 0.6) is 5.75 Å². The smallest absolute Gasteiger partial charge is 0.305 e. The van der Waals surface area contributed by atoms with Crippen LogP contribution in [-0.4, -0.2) is 51.9 Å².